The van der Waals surface area contributed by atoms with Gasteiger partial charge in [-0.25, -0.2) is 0 Å². The molecule has 1 aliphatic rings. The lowest BCUT2D eigenvalue weighted by atomic mass is 10.0. The number of amides is 2. The summed E-state index contributed by atoms with van der Waals surface area (Å²) in [6.07, 6.45) is 2.70. The second-order valence-corrected chi connectivity index (χ2v) is 5.87. The molecule has 1 fully saturated rings. The predicted octanol–water partition coefficient (Wildman–Crippen LogP) is 2.55. The Labute approximate surface area is 126 Å². The van der Waals surface area contributed by atoms with Crippen LogP contribution in [0.25, 0.3) is 0 Å². The van der Waals surface area contributed by atoms with Crippen molar-refractivity contribution in [1.29, 1.82) is 0 Å². The Hall–Kier alpha value is -1.84. The van der Waals surface area contributed by atoms with Crippen LogP contribution in [-0.2, 0) is 4.79 Å². The van der Waals surface area contributed by atoms with E-state index in [1.54, 1.807) is 0 Å². The number of benzene rings is 1. The maximum absolute atomic E-state index is 12.0. The second-order valence-electron chi connectivity index (χ2n) is 5.87. The molecule has 114 valence electrons. The molecule has 0 saturated carbocycles. The number of hydrogen-bond acceptors (Lipinski definition) is 2. The molecule has 0 bridgehead atoms. The van der Waals surface area contributed by atoms with Crippen molar-refractivity contribution in [3.8, 4) is 0 Å². The first-order valence-electron chi connectivity index (χ1n) is 7.74. The van der Waals surface area contributed by atoms with Crippen LogP contribution in [0.5, 0.6) is 0 Å². The number of likely N-dealkylation sites (tertiary alicyclic amines) is 1. The topological polar surface area (TPSA) is 49.4 Å². The molecule has 4 nitrogen and oxygen atoms in total. The van der Waals surface area contributed by atoms with Crippen molar-refractivity contribution in [2.75, 3.05) is 19.6 Å². The summed E-state index contributed by atoms with van der Waals surface area (Å²) in [6, 6.07) is 7.70. The van der Waals surface area contributed by atoms with Crippen molar-refractivity contribution < 1.29 is 9.59 Å². The van der Waals surface area contributed by atoms with Crippen molar-refractivity contribution in [1.82, 2.24) is 10.2 Å². The highest BCUT2D eigenvalue weighted by atomic mass is 16.2. The van der Waals surface area contributed by atoms with Crippen LogP contribution in [0.4, 0.5) is 0 Å². The van der Waals surface area contributed by atoms with Gasteiger partial charge in [0, 0.05) is 31.6 Å². The lowest BCUT2D eigenvalue weighted by molar-refractivity contribution is -0.133. The maximum Gasteiger partial charge on any atom is 0.251 e. The minimum Gasteiger partial charge on any atom is -0.350 e. The van der Waals surface area contributed by atoms with E-state index in [-0.39, 0.29) is 11.8 Å². The van der Waals surface area contributed by atoms with Gasteiger partial charge < -0.3 is 10.2 Å². The molecular formula is C17H24N2O2. The van der Waals surface area contributed by atoms with E-state index < -0.39 is 0 Å². The third-order valence-corrected chi connectivity index (χ3v) is 3.93. The quantitative estimate of drug-likeness (QED) is 0.905. The molecule has 4 heteroatoms. The molecule has 1 aromatic carbocycles. The van der Waals surface area contributed by atoms with Crippen LogP contribution < -0.4 is 5.32 Å². The Bertz CT molecular complexity index is 494. The summed E-state index contributed by atoms with van der Waals surface area (Å²) in [5.41, 5.74) is 1.90. The minimum absolute atomic E-state index is 0.0743. The standard InChI is InChI=1S/C17H24N2O2/c1-13(2)14-6-8-15(9-7-14)17(21)18-10-12-19-11-4-3-5-16(19)20/h6-9,13H,3-5,10-12H2,1-2H3,(H,18,21). The number of carbonyl (C=O) groups is 2. The van der Waals surface area contributed by atoms with E-state index in [2.05, 4.69) is 19.2 Å². The summed E-state index contributed by atoms with van der Waals surface area (Å²) in [4.78, 5) is 25.5. The van der Waals surface area contributed by atoms with Gasteiger partial charge in [0.1, 0.15) is 0 Å². The SMILES string of the molecule is CC(C)c1ccc(C(=O)NCCN2CCCCC2=O)cc1. The summed E-state index contributed by atoms with van der Waals surface area (Å²) in [5.74, 6) is 0.596. The van der Waals surface area contributed by atoms with Crippen molar-refractivity contribution in [3.63, 3.8) is 0 Å². The lowest BCUT2D eigenvalue weighted by Crippen LogP contribution is -2.41. The summed E-state index contributed by atoms with van der Waals surface area (Å²) >= 11 is 0. The molecule has 2 rings (SSSR count). The molecule has 2 amide bonds. The molecular weight excluding hydrogens is 264 g/mol. The highest BCUT2D eigenvalue weighted by molar-refractivity contribution is 5.94. The van der Waals surface area contributed by atoms with Crippen LogP contribution in [0.3, 0.4) is 0 Å². The zero-order valence-corrected chi connectivity index (χ0v) is 12.9. The molecule has 0 unspecified atom stereocenters. The summed E-state index contributed by atoms with van der Waals surface area (Å²) in [5, 5.41) is 2.88. The van der Waals surface area contributed by atoms with Crippen LogP contribution in [0.2, 0.25) is 0 Å². The van der Waals surface area contributed by atoms with E-state index >= 15 is 0 Å². The normalized spacial score (nSPS) is 15.4. The van der Waals surface area contributed by atoms with Crippen molar-refractivity contribution in [2.45, 2.75) is 39.0 Å². The van der Waals surface area contributed by atoms with Crippen molar-refractivity contribution in [2.24, 2.45) is 0 Å². The molecule has 0 aliphatic carbocycles. The first kappa shape index (κ1) is 15.5. The average molecular weight is 288 g/mol. The fourth-order valence-corrected chi connectivity index (χ4v) is 2.52. The molecule has 1 aliphatic heterocycles. The summed E-state index contributed by atoms with van der Waals surface area (Å²) < 4.78 is 0. The molecule has 1 saturated heterocycles. The number of piperidine rings is 1. The highest BCUT2D eigenvalue weighted by Crippen LogP contribution is 2.14. The second kappa shape index (κ2) is 7.25. The summed E-state index contributed by atoms with van der Waals surface area (Å²) in [7, 11) is 0. The Kier molecular flexibility index (Phi) is 5.37. The van der Waals surface area contributed by atoms with Crippen LogP contribution in [0, 0.1) is 0 Å². The van der Waals surface area contributed by atoms with E-state index in [1.807, 2.05) is 29.2 Å². The number of rotatable bonds is 5. The van der Waals surface area contributed by atoms with Gasteiger partial charge in [0.05, 0.1) is 0 Å². The predicted molar refractivity (Wildman–Crippen MR) is 83.3 cm³/mol. The smallest absolute Gasteiger partial charge is 0.251 e. The van der Waals surface area contributed by atoms with Crippen molar-refractivity contribution in [3.05, 3.63) is 35.4 Å². The van der Waals surface area contributed by atoms with E-state index in [4.69, 9.17) is 0 Å². The van der Waals surface area contributed by atoms with Gasteiger partial charge in [-0.1, -0.05) is 26.0 Å². The van der Waals surface area contributed by atoms with Gasteiger partial charge in [-0.15, -0.1) is 0 Å². The van der Waals surface area contributed by atoms with Gasteiger partial charge in [0.25, 0.3) is 5.91 Å². The molecule has 1 aromatic rings. The van der Waals surface area contributed by atoms with Crippen LogP contribution in [0.1, 0.15) is 54.9 Å². The molecule has 0 radical (unpaired) electrons. The fraction of sp³-hybridized carbons (Fsp3) is 0.529. The molecule has 0 atom stereocenters. The number of carbonyl (C=O) groups excluding carboxylic acids is 2. The summed E-state index contributed by atoms with van der Waals surface area (Å²) in [6.45, 7) is 6.19. The van der Waals surface area contributed by atoms with E-state index in [0.29, 0.717) is 31.0 Å². The number of hydrogen-bond donors (Lipinski definition) is 1. The van der Waals surface area contributed by atoms with E-state index in [1.165, 1.54) is 5.56 Å². The Balaban J connectivity index is 1.80. The molecule has 21 heavy (non-hydrogen) atoms. The van der Waals surface area contributed by atoms with Crippen molar-refractivity contribution >= 4 is 11.8 Å². The maximum atomic E-state index is 12.0. The Morgan fingerprint density at radius 3 is 2.57 bits per heavy atom. The minimum atomic E-state index is -0.0743. The third kappa shape index (κ3) is 4.31. The van der Waals surface area contributed by atoms with Gasteiger partial charge in [-0.2, -0.15) is 0 Å². The zero-order valence-electron chi connectivity index (χ0n) is 12.9. The third-order valence-electron chi connectivity index (χ3n) is 3.93. The van der Waals surface area contributed by atoms with E-state index in [0.717, 1.165) is 19.4 Å². The van der Waals surface area contributed by atoms with Gasteiger partial charge in [0.15, 0.2) is 0 Å². The van der Waals surface area contributed by atoms with Crippen LogP contribution >= 0.6 is 0 Å². The average Bonchev–Trinajstić information content (AvgIpc) is 2.49. The number of nitrogens with one attached hydrogen (secondary N) is 1. The van der Waals surface area contributed by atoms with Gasteiger partial charge >= 0.3 is 0 Å². The van der Waals surface area contributed by atoms with Crippen LogP contribution in [0.15, 0.2) is 24.3 Å². The van der Waals surface area contributed by atoms with Crippen LogP contribution in [-0.4, -0.2) is 36.3 Å². The highest BCUT2D eigenvalue weighted by Gasteiger charge is 2.17. The Morgan fingerprint density at radius 1 is 1.24 bits per heavy atom. The molecule has 0 aromatic heterocycles. The van der Waals surface area contributed by atoms with Gasteiger partial charge in [-0.05, 0) is 36.5 Å². The molecule has 0 spiro atoms. The fourth-order valence-electron chi connectivity index (χ4n) is 2.52. The van der Waals surface area contributed by atoms with E-state index in [9.17, 15) is 9.59 Å². The van der Waals surface area contributed by atoms with Gasteiger partial charge in [0.2, 0.25) is 5.91 Å². The Morgan fingerprint density at radius 2 is 1.95 bits per heavy atom. The van der Waals surface area contributed by atoms with Gasteiger partial charge in [-0.3, -0.25) is 9.59 Å². The number of nitrogens with zero attached hydrogens (tertiary/aromatic N) is 1. The first-order chi connectivity index (χ1) is 10.1. The monoisotopic (exact) mass is 288 g/mol. The molecule has 1 N–H and O–H groups in total. The lowest BCUT2D eigenvalue weighted by Gasteiger charge is -2.26. The first-order valence-corrected chi connectivity index (χ1v) is 7.74. The zero-order chi connectivity index (χ0) is 15.2. The largest absolute Gasteiger partial charge is 0.350 e. The molecule has 1 heterocycles.